The van der Waals surface area contributed by atoms with Crippen molar-refractivity contribution in [1.82, 2.24) is 15.2 Å². The molecule has 2 atom stereocenters. The number of benzene rings is 1. The van der Waals surface area contributed by atoms with E-state index in [1.807, 2.05) is 49.4 Å². The topological polar surface area (TPSA) is 80.8 Å². The van der Waals surface area contributed by atoms with E-state index in [2.05, 4.69) is 15.2 Å². The Kier molecular flexibility index (Phi) is 7.98. The van der Waals surface area contributed by atoms with Crippen LogP contribution in [0.5, 0.6) is 0 Å². The van der Waals surface area contributed by atoms with Gasteiger partial charge in [0.25, 0.3) is 0 Å². The fourth-order valence-corrected chi connectivity index (χ4v) is 4.94. The highest BCUT2D eigenvalue weighted by Gasteiger charge is 2.39. The van der Waals surface area contributed by atoms with Crippen LogP contribution in [0, 0.1) is 0 Å². The van der Waals surface area contributed by atoms with E-state index in [1.165, 1.54) is 13.5 Å². The molecule has 1 aromatic heterocycles. The molecule has 1 aromatic carbocycles. The van der Waals surface area contributed by atoms with Crippen LogP contribution < -0.4 is 5.32 Å². The van der Waals surface area contributed by atoms with Gasteiger partial charge in [0.15, 0.2) is 0 Å². The number of aromatic nitrogens is 1. The van der Waals surface area contributed by atoms with Gasteiger partial charge in [0.1, 0.15) is 6.10 Å². The molecule has 2 aliphatic heterocycles. The van der Waals surface area contributed by atoms with Crippen LogP contribution in [-0.4, -0.2) is 48.6 Å². The zero-order valence-corrected chi connectivity index (χ0v) is 20.6. The summed E-state index contributed by atoms with van der Waals surface area (Å²) < 4.78 is 11.3. The first-order chi connectivity index (χ1) is 17.0. The summed E-state index contributed by atoms with van der Waals surface area (Å²) >= 11 is 0. The molecule has 2 aromatic rings. The summed E-state index contributed by atoms with van der Waals surface area (Å²) in [5.41, 5.74) is 3.54. The van der Waals surface area contributed by atoms with E-state index in [-0.39, 0.29) is 0 Å². The maximum absolute atomic E-state index is 13.8. The van der Waals surface area contributed by atoms with Crippen molar-refractivity contribution in [2.75, 3.05) is 26.7 Å². The molecule has 1 saturated heterocycles. The highest BCUT2D eigenvalue weighted by molar-refractivity contribution is 5.99. The number of dihydropyridines is 1. The van der Waals surface area contributed by atoms with Crippen molar-refractivity contribution >= 4 is 11.9 Å². The van der Waals surface area contributed by atoms with Crippen molar-refractivity contribution in [3.63, 3.8) is 0 Å². The third kappa shape index (κ3) is 5.62. The van der Waals surface area contributed by atoms with E-state index in [0.717, 1.165) is 31.5 Å². The number of esters is 2. The first-order valence-corrected chi connectivity index (χ1v) is 12.2. The third-order valence-electron chi connectivity index (χ3n) is 6.66. The average molecular weight is 476 g/mol. The number of rotatable bonds is 7. The molecule has 0 aliphatic carbocycles. The number of carbonyl (C=O) groups excluding carboxylic acids is 2. The van der Waals surface area contributed by atoms with E-state index in [0.29, 0.717) is 34.8 Å². The maximum Gasteiger partial charge on any atom is 0.337 e. The number of ether oxygens (including phenoxy) is 2. The molecule has 7 nitrogen and oxygen atoms in total. The predicted octanol–water partition coefficient (Wildman–Crippen LogP) is 4.26. The monoisotopic (exact) mass is 475 g/mol. The Labute approximate surface area is 206 Å². The van der Waals surface area contributed by atoms with Crippen molar-refractivity contribution in [3.8, 4) is 0 Å². The number of nitrogens with zero attached hydrogens (tertiary/aromatic N) is 2. The van der Waals surface area contributed by atoms with Crippen LogP contribution in [0.3, 0.4) is 0 Å². The quantitative estimate of drug-likeness (QED) is 0.599. The number of piperidine rings is 1. The number of allylic oxidation sites excluding steroid dienone is 2. The van der Waals surface area contributed by atoms with Gasteiger partial charge in [-0.1, -0.05) is 42.8 Å². The zero-order valence-electron chi connectivity index (χ0n) is 20.6. The lowest BCUT2D eigenvalue weighted by Crippen LogP contribution is -2.36. The van der Waals surface area contributed by atoms with Gasteiger partial charge in [0.05, 0.1) is 29.9 Å². The Morgan fingerprint density at radius 1 is 0.971 bits per heavy atom. The molecule has 0 saturated carbocycles. The second-order valence-corrected chi connectivity index (χ2v) is 9.05. The van der Waals surface area contributed by atoms with Crippen molar-refractivity contribution in [2.24, 2.45) is 0 Å². The Balaban J connectivity index is 1.69. The van der Waals surface area contributed by atoms with Crippen molar-refractivity contribution < 1.29 is 19.1 Å². The Morgan fingerprint density at radius 3 is 2.26 bits per heavy atom. The SMILES string of the molecule is COC(=O)C1=C(C)NC(C)=C(C(=O)OC(CN2CCCCC2)c2ccccc2)C1c1ccccn1. The molecule has 0 radical (unpaired) electrons. The molecule has 4 rings (SSSR count). The fraction of sp³-hybridized carbons (Fsp3) is 0.393. The molecule has 35 heavy (non-hydrogen) atoms. The summed E-state index contributed by atoms with van der Waals surface area (Å²) in [5, 5.41) is 3.19. The molecule has 0 bridgehead atoms. The van der Waals surface area contributed by atoms with Crippen molar-refractivity contribution in [3.05, 3.63) is 88.5 Å². The van der Waals surface area contributed by atoms with Crippen LogP contribution in [0.4, 0.5) is 0 Å². The summed E-state index contributed by atoms with van der Waals surface area (Å²) in [6, 6.07) is 15.3. The van der Waals surface area contributed by atoms with Gasteiger partial charge in [-0.15, -0.1) is 0 Å². The number of hydrogen-bond acceptors (Lipinski definition) is 7. The first kappa shape index (κ1) is 24.7. The van der Waals surface area contributed by atoms with Gasteiger partial charge in [0, 0.05) is 24.1 Å². The van der Waals surface area contributed by atoms with Crippen LogP contribution in [0.25, 0.3) is 0 Å². The van der Waals surface area contributed by atoms with Crippen molar-refractivity contribution in [2.45, 2.75) is 45.1 Å². The minimum atomic E-state index is -0.691. The molecule has 3 heterocycles. The predicted molar refractivity (Wildman–Crippen MR) is 133 cm³/mol. The molecule has 2 aliphatic rings. The van der Waals surface area contributed by atoms with E-state index in [1.54, 1.807) is 19.2 Å². The van der Waals surface area contributed by atoms with E-state index < -0.39 is 24.0 Å². The molecule has 1 fully saturated rings. The zero-order chi connectivity index (χ0) is 24.8. The lowest BCUT2D eigenvalue weighted by Gasteiger charge is -2.33. The van der Waals surface area contributed by atoms with Crippen LogP contribution in [0.1, 0.15) is 56.4 Å². The van der Waals surface area contributed by atoms with Gasteiger partial charge in [-0.2, -0.15) is 0 Å². The van der Waals surface area contributed by atoms with Gasteiger partial charge in [0.2, 0.25) is 0 Å². The van der Waals surface area contributed by atoms with Gasteiger partial charge >= 0.3 is 11.9 Å². The summed E-state index contributed by atoms with van der Waals surface area (Å²) in [7, 11) is 1.34. The number of pyridine rings is 1. The second kappa shape index (κ2) is 11.3. The summed E-state index contributed by atoms with van der Waals surface area (Å²) in [5.74, 6) is -1.66. The molecule has 184 valence electrons. The lowest BCUT2D eigenvalue weighted by molar-refractivity contribution is -0.146. The Hall–Kier alpha value is -3.45. The molecule has 1 N–H and O–H groups in total. The molecule has 7 heteroatoms. The largest absolute Gasteiger partial charge is 0.466 e. The number of likely N-dealkylation sites (tertiary alicyclic amines) is 1. The summed E-state index contributed by atoms with van der Waals surface area (Å²) in [6.45, 7) is 6.25. The molecular weight excluding hydrogens is 442 g/mol. The molecule has 0 amide bonds. The molecule has 2 unspecified atom stereocenters. The van der Waals surface area contributed by atoms with Crippen LogP contribution in [0.2, 0.25) is 0 Å². The Bertz CT molecular complexity index is 1110. The highest BCUT2D eigenvalue weighted by atomic mass is 16.5. The maximum atomic E-state index is 13.8. The normalized spacial score (nSPS) is 19.7. The standard InChI is InChI=1S/C28H33N3O4/c1-19-24(27(32)34-3)26(22-14-8-9-15-29-22)25(20(2)30-19)28(33)35-23(21-12-6-4-7-13-21)18-31-16-10-5-11-17-31/h4,6-9,12-15,23,26,30H,5,10-11,16-18H2,1-3H3. The van der Waals surface area contributed by atoms with Gasteiger partial charge < -0.3 is 14.8 Å². The van der Waals surface area contributed by atoms with Gasteiger partial charge in [-0.05, 0) is 57.5 Å². The Morgan fingerprint density at radius 2 is 1.63 bits per heavy atom. The number of carbonyl (C=O) groups is 2. The third-order valence-corrected chi connectivity index (χ3v) is 6.66. The second-order valence-electron chi connectivity index (χ2n) is 9.05. The highest BCUT2D eigenvalue weighted by Crippen LogP contribution is 2.39. The van der Waals surface area contributed by atoms with Crippen LogP contribution in [-0.2, 0) is 19.1 Å². The minimum absolute atomic E-state index is 0.357. The van der Waals surface area contributed by atoms with Gasteiger partial charge in [-0.3, -0.25) is 9.88 Å². The van der Waals surface area contributed by atoms with Gasteiger partial charge in [-0.25, -0.2) is 9.59 Å². The number of methoxy groups -OCH3 is 1. The van der Waals surface area contributed by atoms with E-state index in [4.69, 9.17) is 9.47 Å². The minimum Gasteiger partial charge on any atom is -0.466 e. The average Bonchev–Trinajstić information content (AvgIpc) is 2.89. The molecule has 0 spiro atoms. The van der Waals surface area contributed by atoms with Crippen LogP contribution >= 0.6 is 0 Å². The number of hydrogen-bond donors (Lipinski definition) is 1. The fourth-order valence-electron chi connectivity index (χ4n) is 4.94. The summed E-state index contributed by atoms with van der Waals surface area (Å²) in [4.78, 5) is 33.5. The number of nitrogens with one attached hydrogen (secondary N) is 1. The lowest BCUT2D eigenvalue weighted by atomic mass is 9.82. The smallest absolute Gasteiger partial charge is 0.337 e. The van der Waals surface area contributed by atoms with Crippen molar-refractivity contribution in [1.29, 1.82) is 0 Å². The van der Waals surface area contributed by atoms with Crippen LogP contribution in [0.15, 0.2) is 77.3 Å². The van der Waals surface area contributed by atoms with E-state index in [9.17, 15) is 9.59 Å². The first-order valence-electron chi connectivity index (χ1n) is 12.2. The van der Waals surface area contributed by atoms with E-state index >= 15 is 0 Å². The summed E-state index contributed by atoms with van der Waals surface area (Å²) in [6.07, 6.45) is 4.76. The molecular formula is C28H33N3O4.